The molecule has 0 aliphatic rings. The maximum atomic E-state index is 9.93. The number of aliphatic hydroxyl groups excluding tert-OH is 1. The van der Waals surface area contributed by atoms with Gasteiger partial charge in [-0.25, -0.2) is 0 Å². The molecule has 0 aromatic heterocycles. The van der Waals surface area contributed by atoms with E-state index in [2.05, 4.69) is 37.5 Å². The molecule has 94 valence electrons. The minimum absolute atomic E-state index is 0.376. The average molecular weight is 233 g/mol. The van der Waals surface area contributed by atoms with Gasteiger partial charge >= 0.3 is 0 Å². The Morgan fingerprint density at radius 2 is 1.82 bits per heavy atom. The van der Waals surface area contributed by atoms with Crippen LogP contribution < -0.4 is 4.90 Å². The lowest BCUT2D eigenvalue weighted by atomic mass is 10.0. The number of rotatable bonds is 7. The Morgan fingerprint density at radius 1 is 1.24 bits per heavy atom. The van der Waals surface area contributed by atoms with E-state index in [1.165, 1.54) is 5.69 Å². The molecule has 1 aromatic carbocycles. The van der Waals surface area contributed by atoms with Crippen LogP contribution in [-0.2, 0) is 0 Å². The molecule has 0 radical (unpaired) electrons. The largest absolute Gasteiger partial charge is 0.388 e. The normalized spacial score (nSPS) is 12.2. The molecule has 0 saturated heterocycles. The zero-order valence-electron chi connectivity index (χ0n) is 10.9. The third-order valence-corrected chi connectivity index (χ3v) is 3.05. The van der Waals surface area contributed by atoms with Crippen molar-refractivity contribution in [3.8, 4) is 0 Å². The van der Waals surface area contributed by atoms with E-state index >= 15 is 0 Å². The Labute approximate surface area is 105 Å². The van der Waals surface area contributed by atoms with Crippen molar-refractivity contribution in [2.45, 2.75) is 32.8 Å². The van der Waals surface area contributed by atoms with Crippen molar-refractivity contribution in [2.75, 3.05) is 18.0 Å². The van der Waals surface area contributed by atoms with Crippen LogP contribution in [0.3, 0.4) is 0 Å². The molecule has 2 nitrogen and oxygen atoms in total. The van der Waals surface area contributed by atoms with Crippen LogP contribution in [0.15, 0.2) is 36.9 Å². The maximum Gasteiger partial charge on any atom is 0.0793 e. The minimum atomic E-state index is -0.376. The molecule has 0 amide bonds. The number of benzene rings is 1. The third-order valence-electron chi connectivity index (χ3n) is 3.05. The zero-order chi connectivity index (χ0) is 12.7. The van der Waals surface area contributed by atoms with Crippen LogP contribution in [0.25, 0.3) is 0 Å². The first-order valence-electron chi connectivity index (χ1n) is 6.36. The molecule has 0 aliphatic carbocycles. The quantitative estimate of drug-likeness (QED) is 0.728. The highest BCUT2D eigenvalue weighted by Gasteiger charge is 2.07. The molecule has 0 saturated carbocycles. The summed E-state index contributed by atoms with van der Waals surface area (Å²) < 4.78 is 0. The van der Waals surface area contributed by atoms with E-state index in [9.17, 15) is 5.11 Å². The fourth-order valence-electron chi connectivity index (χ4n) is 1.94. The second kappa shape index (κ2) is 7.13. The Hall–Kier alpha value is -1.28. The molecule has 1 atom stereocenters. The standard InChI is InChI=1S/C15H23NO/c1-4-7-8-15(17)13-9-11-14(12-10-13)16(5-2)6-3/h4,9-12,15,17H,1,5-8H2,2-3H3. The maximum absolute atomic E-state index is 9.93. The number of anilines is 1. The van der Waals surface area contributed by atoms with Crippen molar-refractivity contribution in [3.05, 3.63) is 42.5 Å². The van der Waals surface area contributed by atoms with Crippen LogP contribution in [0.2, 0.25) is 0 Å². The average Bonchev–Trinajstić information content (AvgIpc) is 2.38. The third kappa shape index (κ3) is 3.90. The van der Waals surface area contributed by atoms with Crippen LogP contribution in [0.4, 0.5) is 5.69 Å². The molecule has 1 aromatic rings. The molecule has 17 heavy (non-hydrogen) atoms. The predicted octanol–water partition coefficient (Wildman–Crippen LogP) is 3.53. The monoisotopic (exact) mass is 233 g/mol. The predicted molar refractivity (Wildman–Crippen MR) is 74.4 cm³/mol. The topological polar surface area (TPSA) is 23.5 Å². The van der Waals surface area contributed by atoms with Crippen molar-refractivity contribution < 1.29 is 5.11 Å². The van der Waals surface area contributed by atoms with Crippen molar-refractivity contribution >= 4 is 5.69 Å². The van der Waals surface area contributed by atoms with Gasteiger partial charge in [0.25, 0.3) is 0 Å². The molecule has 1 rings (SSSR count). The van der Waals surface area contributed by atoms with Crippen LogP contribution in [0.1, 0.15) is 38.4 Å². The van der Waals surface area contributed by atoms with Crippen LogP contribution >= 0.6 is 0 Å². The lowest BCUT2D eigenvalue weighted by Gasteiger charge is -2.21. The lowest BCUT2D eigenvalue weighted by Crippen LogP contribution is -2.21. The summed E-state index contributed by atoms with van der Waals surface area (Å²) in [7, 11) is 0. The summed E-state index contributed by atoms with van der Waals surface area (Å²) in [6.45, 7) is 9.98. The minimum Gasteiger partial charge on any atom is -0.388 e. The first kappa shape index (κ1) is 13.8. The van der Waals surface area contributed by atoms with E-state index in [0.717, 1.165) is 31.5 Å². The molecule has 0 heterocycles. The first-order valence-corrected chi connectivity index (χ1v) is 6.36. The summed E-state index contributed by atoms with van der Waals surface area (Å²) in [5.74, 6) is 0. The Balaban J connectivity index is 2.69. The Bertz CT molecular complexity index is 327. The van der Waals surface area contributed by atoms with Gasteiger partial charge in [0.1, 0.15) is 0 Å². The molecule has 1 unspecified atom stereocenters. The van der Waals surface area contributed by atoms with Gasteiger partial charge < -0.3 is 10.0 Å². The first-order chi connectivity index (χ1) is 8.22. The molecule has 2 heteroatoms. The molecule has 0 spiro atoms. The van der Waals surface area contributed by atoms with Crippen LogP contribution in [0.5, 0.6) is 0 Å². The zero-order valence-corrected chi connectivity index (χ0v) is 10.9. The fourth-order valence-corrected chi connectivity index (χ4v) is 1.94. The van der Waals surface area contributed by atoms with Gasteiger partial charge in [0, 0.05) is 18.8 Å². The van der Waals surface area contributed by atoms with Crippen molar-refractivity contribution in [1.29, 1.82) is 0 Å². The highest BCUT2D eigenvalue weighted by atomic mass is 16.3. The van der Waals surface area contributed by atoms with E-state index in [0.29, 0.717) is 0 Å². The van der Waals surface area contributed by atoms with Gasteiger partial charge in [-0.2, -0.15) is 0 Å². The van der Waals surface area contributed by atoms with Gasteiger partial charge in [0.15, 0.2) is 0 Å². The number of aliphatic hydroxyl groups is 1. The van der Waals surface area contributed by atoms with Crippen molar-refractivity contribution in [2.24, 2.45) is 0 Å². The van der Waals surface area contributed by atoms with Gasteiger partial charge in [-0.15, -0.1) is 6.58 Å². The fraction of sp³-hybridized carbons (Fsp3) is 0.467. The van der Waals surface area contributed by atoms with Crippen molar-refractivity contribution in [3.63, 3.8) is 0 Å². The number of nitrogens with zero attached hydrogens (tertiary/aromatic N) is 1. The van der Waals surface area contributed by atoms with Gasteiger partial charge in [-0.05, 0) is 44.4 Å². The van der Waals surface area contributed by atoms with E-state index in [4.69, 9.17) is 0 Å². The van der Waals surface area contributed by atoms with Crippen LogP contribution in [-0.4, -0.2) is 18.2 Å². The summed E-state index contributed by atoms with van der Waals surface area (Å²) in [6.07, 6.45) is 3.05. The molecular weight excluding hydrogens is 210 g/mol. The molecule has 1 N–H and O–H groups in total. The highest BCUT2D eigenvalue weighted by Crippen LogP contribution is 2.22. The molecular formula is C15H23NO. The van der Waals surface area contributed by atoms with Gasteiger partial charge in [-0.1, -0.05) is 18.2 Å². The summed E-state index contributed by atoms with van der Waals surface area (Å²) in [5.41, 5.74) is 2.21. The summed E-state index contributed by atoms with van der Waals surface area (Å²) in [6, 6.07) is 8.20. The van der Waals surface area contributed by atoms with E-state index in [-0.39, 0.29) is 6.10 Å². The summed E-state index contributed by atoms with van der Waals surface area (Å²) in [5, 5.41) is 9.93. The van der Waals surface area contributed by atoms with Crippen LogP contribution in [0, 0.1) is 0 Å². The Morgan fingerprint density at radius 3 is 2.29 bits per heavy atom. The van der Waals surface area contributed by atoms with E-state index < -0.39 is 0 Å². The van der Waals surface area contributed by atoms with E-state index in [1.807, 2.05) is 18.2 Å². The molecule has 0 aliphatic heterocycles. The second-order valence-electron chi connectivity index (χ2n) is 4.15. The summed E-state index contributed by atoms with van der Waals surface area (Å²) in [4.78, 5) is 2.29. The number of hydrogen-bond donors (Lipinski definition) is 1. The summed E-state index contributed by atoms with van der Waals surface area (Å²) >= 11 is 0. The highest BCUT2D eigenvalue weighted by molar-refractivity contribution is 5.47. The Kier molecular flexibility index (Phi) is 5.78. The number of allylic oxidation sites excluding steroid dienone is 1. The SMILES string of the molecule is C=CCCC(O)c1ccc(N(CC)CC)cc1. The smallest absolute Gasteiger partial charge is 0.0793 e. The van der Waals surface area contributed by atoms with Gasteiger partial charge in [0.2, 0.25) is 0 Å². The van der Waals surface area contributed by atoms with E-state index in [1.54, 1.807) is 0 Å². The molecule has 0 bridgehead atoms. The molecule has 0 fully saturated rings. The van der Waals surface area contributed by atoms with Gasteiger partial charge in [-0.3, -0.25) is 0 Å². The second-order valence-corrected chi connectivity index (χ2v) is 4.15. The lowest BCUT2D eigenvalue weighted by molar-refractivity contribution is 0.169. The van der Waals surface area contributed by atoms with Gasteiger partial charge in [0.05, 0.1) is 6.10 Å². The number of hydrogen-bond acceptors (Lipinski definition) is 2. The van der Waals surface area contributed by atoms with Crippen molar-refractivity contribution in [1.82, 2.24) is 0 Å².